The third-order valence-electron chi connectivity index (χ3n) is 4.81. The molecule has 0 saturated heterocycles. The van der Waals surface area contributed by atoms with E-state index in [-0.39, 0.29) is 5.56 Å². The molecule has 0 heterocycles. The number of methoxy groups -OCH3 is 1. The average Bonchev–Trinajstić information content (AvgIpc) is 2.76. The zero-order valence-corrected chi connectivity index (χ0v) is 15.1. The van der Waals surface area contributed by atoms with E-state index >= 15 is 0 Å². The number of esters is 1. The Morgan fingerprint density at radius 2 is 1.18 bits per heavy atom. The van der Waals surface area contributed by atoms with Gasteiger partial charge in [0.25, 0.3) is 5.78 Å². The van der Waals surface area contributed by atoms with Crippen LogP contribution in [-0.4, -0.2) is 18.9 Å². The van der Waals surface area contributed by atoms with E-state index in [1.54, 1.807) is 18.2 Å². The van der Waals surface area contributed by atoms with Crippen LogP contribution in [0.1, 0.15) is 20.7 Å². The van der Waals surface area contributed by atoms with Crippen molar-refractivity contribution in [3.8, 4) is 17.2 Å². The number of nitrogens with zero attached hydrogens (tertiary/aromatic N) is 1. The first-order valence-corrected chi connectivity index (χ1v) is 8.71. The second-order valence-electron chi connectivity index (χ2n) is 6.42. The van der Waals surface area contributed by atoms with Crippen molar-refractivity contribution in [2.75, 3.05) is 7.11 Å². The third kappa shape index (κ3) is 2.89. The fraction of sp³-hybridized carbons (Fsp3) is 0.0417. The Morgan fingerprint density at radius 3 is 1.64 bits per heavy atom. The van der Waals surface area contributed by atoms with Gasteiger partial charge in [0.1, 0.15) is 6.07 Å². The first-order valence-electron chi connectivity index (χ1n) is 8.71. The first-order chi connectivity index (χ1) is 13.6. The minimum atomic E-state index is -0.648. The summed E-state index contributed by atoms with van der Waals surface area (Å²) in [6.07, 6.45) is 0. The van der Waals surface area contributed by atoms with E-state index in [0.29, 0.717) is 16.7 Å². The monoisotopic (exact) mass is 365 g/mol. The molecule has 4 nitrogen and oxygen atoms in total. The molecule has 134 valence electrons. The van der Waals surface area contributed by atoms with Gasteiger partial charge in [0, 0.05) is 5.56 Å². The van der Waals surface area contributed by atoms with E-state index in [9.17, 15) is 14.9 Å². The Balaban J connectivity index is 2.11. The number of fused-ring (bicyclic) bond motifs is 2. The molecule has 4 heteroatoms. The Kier molecular flexibility index (Phi) is 4.35. The SMILES string of the molecule is COC(=O)c1cc2ccccc2cc1-c1cc2ccccc2cc1C(=O)C#N. The number of carbonyl (C=O) groups excluding carboxylic acids is 2. The van der Waals surface area contributed by atoms with E-state index in [2.05, 4.69) is 0 Å². The molecule has 0 fully saturated rings. The molecule has 4 aromatic carbocycles. The van der Waals surface area contributed by atoms with E-state index in [0.717, 1.165) is 21.5 Å². The summed E-state index contributed by atoms with van der Waals surface area (Å²) in [5, 5.41) is 12.8. The zero-order chi connectivity index (χ0) is 19.7. The quantitative estimate of drug-likeness (QED) is 0.286. The minimum absolute atomic E-state index is 0.265. The molecule has 0 saturated carbocycles. The summed E-state index contributed by atoms with van der Waals surface area (Å²) in [4.78, 5) is 24.9. The molecular weight excluding hydrogens is 350 g/mol. The highest BCUT2D eigenvalue weighted by molar-refractivity contribution is 6.16. The number of benzene rings is 4. The summed E-state index contributed by atoms with van der Waals surface area (Å²) < 4.78 is 4.97. The molecule has 0 aromatic heterocycles. The topological polar surface area (TPSA) is 67.2 Å². The molecule has 0 aliphatic rings. The van der Waals surface area contributed by atoms with Crippen LogP contribution in [0.5, 0.6) is 0 Å². The van der Waals surface area contributed by atoms with Crippen LogP contribution in [0.3, 0.4) is 0 Å². The van der Waals surface area contributed by atoms with Gasteiger partial charge in [0.2, 0.25) is 0 Å². The molecule has 0 bridgehead atoms. The minimum Gasteiger partial charge on any atom is -0.465 e. The summed E-state index contributed by atoms with van der Waals surface area (Å²) in [7, 11) is 1.32. The smallest absolute Gasteiger partial charge is 0.338 e. The van der Waals surface area contributed by atoms with E-state index in [4.69, 9.17) is 4.74 Å². The lowest BCUT2D eigenvalue weighted by molar-refractivity contribution is 0.0601. The highest BCUT2D eigenvalue weighted by atomic mass is 16.5. The molecule has 0 N–H and O–H groups in total. The number of nitriles is 1. The van der Waals surface area contributed by atoms with Gasteiger partial charge in [-0.25, -0.2) is 4.79 Å². The van der Waals surface area contributed by atoms with Gasteiger partial charge in [0.15, 0.2) is 0 Å². The number of hydrogen-bond acceptors (Lipinski definition) is 4. The number of Topliss-reactive ketones (excluding diaryl/α,β-unsaturated/α-hetero) is 1. The molecule has 4 aromatic rings. The fourth-order valence-corrected chi connectivity index (χ4v) is 3.45. The van der Waals surface area contributed by atoms with Crippen LogP contribution in [-0.2, 0) is 4.74 Å². The summed E-state index contributed by atoms with van der Waals surface area (Å²) in [5.41, 5.74) is 1.72. The number of carbonyl (C=O) groups is 2. The molecule has 0 aliphatic carbocycles. The van der Waals surface area contributed by atoms with E-state index in [1.807, 2.05) is 60.7 Å². The largest absolute Gasteiger partial charge is 0.465 e. The van der Waals surface area contributed by atoms with Crippen LogP contribution in [0.15, 0.2) is 72.8 Å². The van der Waals surface area contributed by atoms with Crippen LogP contribution in [0.2, 0.25) is 0 Å². The van der Waals surface area contributed by atoms with Gasteiger partial charge in [-0.1, -0.05) is 48.5 Å². The van der Waals surface area contributed by atoms with Crippen molar-refractivity contribution < 1.29 is 14.3 Å². The normalized spacial score (nSPS) is 10.6. The highest BCUT2D eigenvalue weighted by Crippen LogP contribution is 2.34. The molecule has 0 amide bonds. The molecule has 0 radical (unpaired) electrons. The van der Waals surface area contributed by atoms with Crippen LogP contribution >= 0.6 is 0 Å². The molecule has 28 heavy (non-hydrogen) atoms. The van der Waals surface area contributed by atoms with Gasteiger partial charge >= 0.3 is 5.97 Å². The lowest BCUT2D eigenvalue weighted by Gasteiger charge is -2.14. The maximum absolute atomic E-state index is 12.5. The van der Waals surface area contributed by atoms with Crippen molar-refractivity contribution in [2.45, 2.75) is 0 Å². The lowest BCUT2D eigenvalue weighted by atomic mass is 9.89. The van der Waals surface area contributed by atoms with Gasteiger partial charge in [0.05, 0.1) is 12.7 Å². The Bertz CT molecular complexity index is 1300. The van der Waals surface area contributed by atoms with Crippen molar-refractivity contribution >= 4 is 33.3 Å². The summed E-state index contributed by atoms with van der Waals surface area (Å²) in [5.74, 6) is -1.14. The summed E-state index contributed by atoms with van der Waals surface area (Å²) >= 11 is 0. The molecule has 0 aliphatic heterocycles. The number of ether oxygens (including phenoxy) is 1. The van der Waals surface area contributed by atoms with Crippen LogP contribution in [0, 0.1) is 11.3 Å². The van der Waals surface area contributed by atoms with Gasteiger partial charge in [-0.3, -0.25) is 4.79 Å². The number of rotatable bonds is 3. The van der Waals surface area contributed by atoms with E-state index < -0.39 is 11.8 Å². The maximum Gasteiger partial charge on any atom is 0.338 e. The third-order valence-corrected chi connectivity index (χ3v) is 4.81. The van der Waals surface area contributed by atoms with Crippen LogP contribution < -0.4 is 0 Å². The highest BCUT2D eigenvalue weighted by Gasteiger charge is 2.20. The Morgan fingerprint density at radius 1 is 0.750 bits per heavy atom. The van der Waals surface area contributed by atoms with Crippen molar-refractivity contribution in [1.29, 1.82) is 5.26 Å². The predicted octanol–water partition coefficient (Wildman–Crippen LogP) is 5.15. The fourth-order valence-electron chi connectivity index (χ4n) is 3.45. The van der Waals surface area contributed by atoms with Crippen molar-refractivity contribution in [1.82, 2.24) is 0 Å². The van der Waals surface area contributed by atoms with Gasteiger partial charge in [-0.15, -0.1) is 0 Å². The van der Waals surface area contributed by atoms with Crippen molar-refractivity contribution in [2.24, 2.45) is 0 Å². The van der Waals surface area contributed by atoms with Gasteiger partial charge < -0.3 is 4.74 Å². The van der Waals surface area contributed by atoms with Crippen LogP contribution in [0.25, 0.3) is 32.7 Å². The van der Waals surface area contributed by atoms with Gasteiger partial charge in [-0.05, 0) is 56.9 Å². The molecular formula is C24H15NO3. The lowest BCUT2D eigenvalue weighted by Crippen LogP contribution is -2.06. The summed E-state index contributed by atoms with van der Waals surface area (Å²) in [6, 6.07) is 24.1. The van der Waals surface area contributed by atoms with Crippen LogP contribution in [0.4, 0.5) is 0 Å². The maximum atomic E-state index is 12.5. The van der Waals surface area contributed by atoms with Crippen molar-refractivity contribution in [3.05, 3.63) is 83.9 Å². The van der Waals surface area contributed by atoms with Crippen molar-refractivity contribution in [3.63, 3.8) is 0 Å². The molecule has 0 unspecified atom stereocenters. The first kappa shape index (κ1) is 17.4. The Hall–Kier alpha value is -3.97. The zero-order valence-electron chi connectivity index (χ0n) is 15.1. The van der Waals surface area contributed by atoms with E-state index in [1.165, 1.54) is 7.11 Å². The second-order valence-corrected chi connectivity index (χ2v) is 6.42. The van der Waals surface area contributed by atoms with Gasteiger partial charge in [-0.2, -0.15) is 5.26 Å². The molecule has 4 rings (SSSR count). The average molecular weight is 365 g/mol. The number of ketones is 1. The molecule has 0 atom stereocenters. The Labute approximate surface area is 161 Å². The summed E-state index contributed by atoms with van der Waals surface area (Å²) in [6.45, 7) is 0. The predicted molar refractivity (Wildman–Crippen MR) is 108 cm³/mol. The number of hydrogen-bond donors (Lipinski definition) is 0. The second kappa shape index (κ2) is 6.98. The molecule has 0 spiro atoms. The standard InChI is InChI=1S/C24H15NO3/c1-28-24(27)22-13-18-9-5-3-7-16(18)11-20(22)19-10-15-6-2-4-8-17(15)12-21(19)23(26)14-25/h2-13H,1H3.